The summed E-state index contributed by atoms with van der Waals surface area (Å²) in [7, 11) is 1.66. The van der Waals surface area contributed by atoms with E-state index >= 15 is 0 Å². The van der Waals surface area contributed by atoms with Gasteiger partial charge in [-0.3, -0.25) is 4.79 Å². The molecular formula is C25H24N2O2S. The SMILES string of the molecule is COc1ccc(C2=Nc3cc(C(=O)NCC(C)C)ccc3Sc3ccccc32)cc1. The van der Waals surface area contributed by atoms with Crippen LogP contribution in [-0.4, -0.2) is 25.3 Å². The summed E-state index contributed by atoms with van der Waals surface area (Å²) in [5.41, 5.74) is 4.40. The van der Waals surface area contributed by atoms with Gasteiger partial charge in [0.1, 0.15) is 5.75 Å². The molecule has 1 aliphatic rings. The lowest BCUT2D eigenvalue weighted by Crippen LogP contribution is -2.27. The van der Waals surface area contributed by atoms with Crippen molar-refractivity contribution in [2.24, 2.45) is 10.9 Å². The Morgan fingerprint density at radius 1 is 1.03 bits per heavy atom. The molecule has 0 atom stereocenters. The van der Waals surface area contributed by atoms with Gasteiger partial charge in [0, 0.05) is 33.0 Å². The number of hydrogen-bond donors (Lipinski definition) is 1. The number of nitrogens with zero attached hydrogens (tertiary/aromatic N) is 1. The largest absolute Gasteiger partial charge is 0.497 e. The number of amides is 1. The van der Waals surface area contributed by atoms with E-state index in [1.807, 2.05) is 54.6 Å². The molecule has 0 fully saturated rings. The predicted octanol–water partition coefficient (Wildman–Crippen LogP) is 5.71. The molecule has 1 N–H and O–H groups in total. The van der Waals surface area contributed by atoms with Crippen LogP contribution in [0.2, 0.25) is 0 Å². The smallest absolute Gasteiger partial charge is 0.251 e. The van der Waals surface area contributed by atoms with Crippen molar-refractivity contribution in [3.05, 3.63) is 83.4 Å². The fourth-order valence-electron chi connectivity index (χ4n) is 3.25. The number of benzene rings is 3. The Morgan fingerprint density at radius 3 is 2.53 bits per heavy atom. The number of ether oxygens (including phenoxy) is 1. The van der Waals surface area contributed by atoms with Crippen LogP contribution in [0, 0.1) is 5.92 Å². The number of aliphatic imine (C=N–C) groups is 1. The summed E-state index contributed by atoms with van der Waals surface area (Å²) in [6, 6.07) is 21.9. The summed E-state index contributed by atoms with van der Waals surface area (Å²) in [5, 5.41) is 2.99. The molecule has 0 radical (unpaired) electrons. The van der Waals surface area contributed by atoms with Gasteiger partial charge in [-0.15, -0.1) is 0 Å². The van der Waals surface area contributed by atoms with Crippen molar-refractivity contribution in [2.75, 3.05) is 13.7 Å². The molecule has 152 valence electrons. The van der Waals surface area contributed by atoms with E-state index < -0.39 is 0 Å². The van der Waals surface area contributed by atoms with Crippen LogP contribution in [0.15, 0.2) is 81.5 Å². The maximum absolute atomic E-state index is 12.6. The molecule has 4 nitrogen and oxygen atoms in total. The Labute approximate surface area is 181 Å². The molecule has 0 saturated heterocycles. The van der Waals surface area contributed by atoms with Crippen LogP contribution in [0.1, 0.15) is 35.3 Å². The lowest BCUT2D eigenvalue weighted by atomic mass is 10.0. The summed E-state index contributed by atoms with van der Waals surface area (Å²) in [5.74, 6) is 1.14. The Hall–Kier alpha value is -3.05. The molecule has 30 heavy (non-hydrogen) atoms. The molecule has 5 heteroatoms. The first-order valence-electron chi connectivity index (χ1n) is 9.98. The monoisotopic (exact) mass is 416 g/mol. The lowest BCUT2D eigenvalue weighted by Gasteiger charge is -2.10. The molecule has 1 amide bonds. The third kappa shape index (κ3) is 4.26. The first-order valence-corrected chi connectivity index (χ1v) is 10.8. The van der Waals surface area contributed by atoms with Crippen LogP contribution in [0.3, 0.4) is 0 Å². The van der Waals surface area contributed by atoms with E-state index in [1.54, 1.807) is 18.9 Å². The van der Waals surface area contributed by atoms with Crippen molar-refractivity contribution >= 4 is 29.1 Å². The molecule has 1 heterocycles. The number of carbonyl (C=O) groups is 1. The van der Waals surface area contributed by atoms with Gasteiger partial charge in [0.15, 0.2) is 0 Å². The van der Waals surface area contributed by atoms with Gasteiger partial charge in [-0.1, -0.05) is 43.8 Å². The Bertz CT molecular complexity index is 1100. The summed E-state index contributed by atoms with van der Waals surface area (Å²) < 4.78 is 5.30. The average molecular weight is 417 g/mol. The molecule has 0 aromatic heterocycles. The second kappa shape index (κ2) is 8.76. The van der Waals surface area contributed by atoms with E-state index in [0.717, 1.165) is 38.1 Å². The van der Waals surface area contributed by atoms with Crippen molar-refractivity contribution in [1.29, 1.82) is 0 Å². The van der Waals surface area contributed by atoms with Crippen molar-refractivity contribution in [3.63, 3.8) is 0 Å². The third-order valence-electron chi connectivity index (χ3n) is 4.85. The highest BCUT2D eigenvalue weighted by Gasteiger charge is 2.20. The standard InChI is InChI=1S/C25H24N2O2S/c1-16(2)15-26-25(28)18-10-13-23-21(14-18)27-24(17-8-11-19(29-3)12-9-17)20-6-4-5-7-22(20)30-23/h4-14,16H,15H2,1-3H3,(H,26,28). The minimum Gasteiger partial charge on any atom is -0.497 e. The number of hydrogen-bond acceptors (Lipinski definition) is 4. The molecule has 0 spiro atoms. The second-order valence-corrected chi connectivity index (χ2v) is 8.66. The molecule has 3 aromatic carbocycles. The summed E-state index contributed by atoms with van der Waals surface area (Å²) in [6.45, 7) is 4.81. The topological polar surface area (TPSA) is 50.7 Å². The number of rotatable bonds is 5. The highest BCUT2D eigenvalue weighted by Crippen LogP contribution is 2.41. The third-order valence-corrected chi connectivity index (χ3v) is 5.99. The zero-order chi connectivity index (χ0) is 21.1. The minimum absolute atomic E-state index is 0.0699. The van der Waals surface area contributed by atoms with E-state index in [0.29, 0.717) is 18.0 Å². The molecule has 0 unspecified atom stereocenters. The molecule has 1 aliphatic heterocycles. The normalized spacial score (nSPS) is 12.5. The minimum atomic E-state index is -0.0699. The van der Waals surface area contributed by atoms with E-state index in [4.69, 9.17) is 9.73 Å². The zero-order valence-corrected chi connectivity index (χ0v) is 18.1. The predicted molar refractivity (Wildman–Crippen MR) is 122 cm³/mol. The van der Waals surface area contributed by atoms with E-state index in [-0.39, 0.29) is 5.91 Å². The molecule has 0 bridgehead atoms. The molecular weight excluding hydrogens is 392 g/mol. The van der Waals surface area contributed by atoms with Gasteiger partial charge in [-0.05, 0) is 54.4 Å². The van der Waals surface area contributed by atoms with Crippen molar-refractivity contribution in [1.82, 2.24) is 5.32 Å². The van der Waals surface area contributed by atoms with Crippen LogP contribution in [0.5, 0.6) is 5.75 Å². The summed E-state index contributed by atoms with van der Waals surface area (Å²) in [6.07, 6.45) is 0. The molecule has 0 saturated carbocycles. The Kier molecular flexibility index (Phi) is 5.91. The zero-order valence-electron chi connectivity index (χ0n) is 17.3. The molecule has 4 rings (SSSR count). The van der Waals surface area contributed by atoms with Gasteiger partial charge in [0.2, 0.25) is 0 Å². The average Bonchev–Trinajstić information content (AvgIpc) is 2.93. The van der Waals surface area contributed by atoms with Crippen LogP contribution < -0.4 is 10.1 Å². The first kappa shape index (κ1) is 20.2. The highest BCUT2D eigenvalue weighted by molar-refractivity contribution is 7.99. The van der Waals surface area contributed by atoms with Crippen molar-refractivity contribution in [3.8, 4) is 5.75 Å². The Morgan fingerprint density at radius 2 is 1.80 bits per heavy atom. The van der Waals surface area contributed by atoms with Crippen molar-refractivity contribution in [2.45, 2.75) is 23.6 Å². The van der Waals surface area contributed by atoms with E-state index in [1.165, 1.54) is 0 Å². The van der Waals surface area contributed by atoms with Gasteiger partial charge >= 0.3 is 0 Å². The lowest BCUT2D eigenvalue weighted by molar-refractivity contribution is 0.0949. The number of methoxy groups -OCH3 is 1. The number of carbonyl (C=O) groups excluding carboxylic acids is 1. The van der Waals surface area contributed by atoms with Gasteiger partial charge in [-0.25, -0.2) is 4.99 Å². The quantitative estimate of drug-likeness (QED) is 0.453. The highest BCUT2D eigenvalue weighted by atomic mass is 32.2. The van der Waals surface area contributed by atoms with E-state index in [9.17, 15) is 4.79 Å². The van der Waals surface area contributed by atoms with Crippen LogP contribution in [0.4, 0.5) is 5.69 Å². The Balaban J connectivity index is 1.79. The maximum atomic E-state index is 12.6. The summed E-state index contributed by atoms with van der Waals surface area (Å²) >= 11 is 1.68. The van der Waals surface area contributed by atoms with Gasteiger partial charge in [0.25, 0.3) is 5.91 Å². The summed E-state index contributed by atoms with van der Waals surface area (Å²) in [4.78, 5) is 19.8. The maximum Gasteiger partial charge on any atom is 0.251 e. The molecule has 0 aliphatic carbocycles. The van der Waals surface area contributed by atoms with E-state index in [2.05, 4.69) is 31.3 Å². The second-order valence-electron chi connectivity index (χ2n) is 7.57. The van der Waals surface area contributed by atoms with Crippen LogP contribution in [-0.2, 0) is 0 Å². The van der Waals surface area contributed by atoms with Crippen LogP contribution in [0.25, 0.3) is 0 Å². The van der Waals surface area contributed by atoms with Crippen molar-refractivity contribution < 1.29 is 9.53 Å². The molecule has 3 aromatic rings. The van der Waals surface area contributed by atoms with Gasteiger partial charge < -0.3 is 10.1 Å². The fourth-order valence-corrected chi connectivity index (χ4v) is 4.25. The van der Waals surface area contributed by atoms with Crippen LogP contribution >= 0.6 is 11.8 Å². The van der Waals surface area contributed by atoms with Gasteiger partial charge in [0.05, 0.1) is 18.5 Å². The first-order chi connectivity index (χ1) is 14.5. The number of nitrogens with one attached hydrogen (secondary N) is 1. The fraction of sp³-hybridized carbons (Fsp3) is 0.200. The number of fused-ring (bicyclic) bond motifs is 2. The van der Waals surface area contributed by atoms with Gasteiger partial charge in [-0.2, -0.15) is 0 Å².